The van der Waals surface area contributed by atoms with Crippen molar-refractivity contribution in [3.05, 3.63) is 96.2 Å². The van der Waals surface area contributed by atoms with Crippen LogP contribution in [0.25, 0.3) is 11.3 Å². The van der Waals surface area contributed by atoms with Crippen LogP contribution in [0.1, 0.15) is 11.1 Å². The Morgan fingerprint density at radius 2 is 1.79 bits per heavy atom. The highest BCUT2D eigenvalue weighted by Gasteiger charge is 2.26. The summed E-state index contributed by atoms with van der Waals surface area (Å²) in [7, 11) is -3.32. The quantitative estimate of drug-likeness (QED) is 0.416. The third-order valence-electron chi connectivity index (χ3n) is 5.65. The Balaban J connectivity index is 1.38. The number of nitrogens with one attached hydrogen (secondary N) is 1. The van der Waals surface area contributed by atoms with Crippen molar-refractivity contribution in [3.8, 4) is 17.0 Å². The zero-order chi connectivity index (χ0) is 23.5. The van der Waals surface area contributed by atoms with Gasteiger partial charge in [-0.25, -0.2) is 18.4 Å². The first-order valence-corrected chi connectivity index (χ1v) is 12.8. The Morgan fingerprint density at radius 3 is 2.62 bits per heavy atom. The summed E-state index contributed by atoms with van der Waals surface area (Å²) < 4.78 is 31.7. The summed E-state index contributed by atoms with van der Waals surface area (Å²) in [6.45, 7) is 0.920. The Labute approximate surface area is 199 Å². The first-order chi connectivity index (χ1) is 16.5. The van der Waals surface area contributed by atoms with Gasteiger partial charge in [0, 0.05) is 24.0 Å². The number of hydrogen-bond acceptors (Lipinski definition) is 6. The average Bonchev–Trinajstić information content (AvgIpc) is 3.28. The normalized spacial score (nSPS) is 12.9. The van der Waals surface area contributed by atoms with Gasteiger partial charge in [-0.1, -0.05) is 48.5 Å². The number of benzene rings is 3. The van der Waals surface area contributed by atoms with E-state index < -0.39 is 10.0 Å². The third-order valence-corrected chi connectivity index (χ3v) is 6.83. The number of para-hydroxylation sites is 1. The number of sulfonamides is 1. The number of anilines is 3. The highest BCUT2D eigenvalue weighted by molar-refractivity contribution is 7.92. The van der Waals surface area contributed by atoms with Crippen LogP contribution in [-0.4, -0.2) is 31.2 Å². The van der Waals surface area contributed by atoms with E-state index in [1.54, 1.807) is 6.20 Å². The van der Waals surface area contributed by atoms with Gasteiger partial charge in [0.15, 0.2) is 0 Å². The number of hydrogen-bond donors (Lipinski definition) is 1. The van der Waals surface area contributed by atoms with E-state index in [-0.39, 0.29) is 0 Å². The molecule has 0 unspecified atom stereocenters. The van der Waals surface area contributed by atoms with Crippen LogP contribution in [0.2, 0.25) is 0 Å². The van der Waals surface area contributed by atoms with Crippen LogP contribution in [0.4, 0.5) is 17.3 Å². The van der Waals surface area contributed by atoms with E-state index in [2.05, 4.69) is 15.3 Å². The van der Waals surface area contributed by atoms with E-state index in [0.29, 0.717) is 31.2 Å². The molecule has 0 fully saturated rings. The summed E-state index contributed by atoms with van der Waals surface area (Å²) in [5, 5.41) is 3.21. The highest BCUT2D eigenvalue weighted by atomic mass is 32.2. The maximum Gasteiger partial charge on any atom is 0.232 e. The number of nitrogens with zero attached hydrogens (tertiary/aromatic N) is 3. The van der Waals surface area contributed by atoms with Gasteiger partial charge in [-0.2, -0.15) is 0 Å². The molecule has 1 aliphatic heterocycles. The zero-order valence-electron chi connectivity index (χ0n) is 18.7. The molecule has 0 spiro atoms. The third kappa shape index (κ3) is 4.72. The fourth-order valence-corrected chi connectivity index (χ4v) is 4.96. The fourth-order valence-electron chi connectivity index (χ4n) is 4.01. The molecule has 3 aromatic carbocycles. The van der Waals surface area contributed by atoms with Gasteiger partial charge in [0.25, 0.3) is 0 Å². The van der Waals surface area contributed by atoms with Crippen LogP contribution >= 0.6 is 0 Å². The SMILES string of the molecule is CS(=O)(=O)N1CCc2ccc(Nc3nccc(-c4ccccc4OCc4ccccc4)n3)cc21. The predicted molar refractivity (Wildman–Crippen MR) is 134 cm³/mol. The van der Waals surface area contributed by atoms with Crippen molar-refractivity contribution in [2.45, 2.75) is 13.0 Å². The molecule has 2 heterocycles. The van der Waals surface area contributed by atoms with Crippen molar-refractivity contribution in [1.82, 2.24) is 9.97 Å². The lowest BCUT2D eigenvalue weighted by Gasteiger charge is -2.17. The fraction of sp³-hybridized carbons (Fsp3) is 0.154. The van der Waals surface area contributed by atoms with Gasteiger partial charge in [-0.05, 0) is 47.9 Å². The molecular weight excluding hydrogens is 448 g/mol. The minimum atomic E-state index is -3.32. The predicted octanol–water partition coefficient (Wildman–Crippen LogP) is 4.79. The first-order valence-electron chi connectivity index (χ1n) is 10.9. The molecule has 0 saturated heterocycles. The second-order valence-electron chi connectivity index (χ2n) is 8.09. The van der Waals surface area contributed by atoms with Gasteiger partial charge in [0.2, 0.25) is 16.0 Å². The lowest BCUT2D eigenvalue weighted by Crippen LogP contribution is -2.27. The summed E-state index contributed by atoms with van der Waals surface area (Å²) in [4.78, 5) is 9.03. The van der Waals surface area contributed by atoms with Crippen molar-refractivity contribution < 1.29 is 13.2 Å². The Bertz CT molecular complexity index is 1430. The van der Waals surface area contributed by atoms with Crippen molar-refractivity contribution in [1.29, 1.82) is 0 Å². The molecule has 0 saturated carbocycles. The van der Waals surface area contributed by atoms with Gasteiger partial charge in [-0.3, -0.25) is 4.31 Å². The van der Waals surface area contributed by atoms with Crippen molar-refractivity contribution in [2.75, 3.05) is 22.4 Å². The van der Waals surface area contributed by atoms with Gasteiger partial charge in [0.05, 0.1) is 17.6 Å². The first kappa shape index (κ1) is 21.9. The second-order valence-corrected chi connectivity index (χ2v) is 10.00. The summed E-state index contributed by atoms with van der Waals surface area (Å²) in [6.07, 6.45) is 3.62. The van der Waals surface area contributed by atoms with E-state index in [9.17, 15) is 8.42 Å². The standard InChI is InChI=1S/C26H24N4O3S/c1-34(31,32)30-16-14-20-11-12-21(17-24(20)30)28-26-27-15-13-23(29-26)22-9-5-6-10-25(22)33-18-19-7-3-2-4-8-19/h2-13,15,17H,14,16,18H2,1H3,(H,27,28,29). The number of fused-ring (bicyclic) bond motifs is 1. The summed E-state index contributed by atoms with van der Waals surface area (Å²) >= 11 is 0. The lowest BCUT2D eigenvalue weighted by molar-refractivity contribution is 0.307. The number of aromatic nitrogens is 2. The molecule has 5 rings (SSSR count). The molecule has 8 heteroatoms. The molecule has 1 aromatic heterocycles. The van der Waals surface area contributed by atoms with Crippen molar-refractivity contribution in [2.24, 2.45) is 0 Å². The molecule has 1 aliphatic rings. The van der Waals surface area contributed by atoms with Gasteiger partial charge in [-0.15, -0.1) is 0 Å². The van der Waals surface area contributed by atoms with E-state index in [1.807, 2.05) is 78.9 Å². The van der Waals surface area contributed by atoms with Crippen LogP contribution in [0.5, 0.6) is 5.75 Å². The molecule has 1 N–H and O–H groups in total. The van der Waals surface area contributed by atoms with Gasteiger partial charge >= 0.3 is 0 Å². The van der Waals surface area contributed by atoms with Crippen LogP contribution in [0.15, 0.2) is 85.1 Å². The molecule has 0 radical (unpaired) electrons. The van der Waals surface area contributed by atoms with Crippen LogP contribution in [-0.2, 0) is 23.1 Å². The monoisotopic (exact) mass is 472 g/mol. The largest absolute Gasteiger partial charge is 0.488 e. The van der Waals surface area contributed by atoms with E-state index in [4.69, 9.17) is 4.74 Å². The molecule has 0 atom stereocenters. The zero-order valence-corrected chi connectivity index (χ0v) is 19.5. The molecule has 0 aliphatic carbocycles. The second kappa shape index (κ2) is 9.15. The average molecular weight is 473 g/mol. The molecule has 7 nitrogen and oxygen atoms in total. The topological polar surface area (TPSA) is 84.4 Å². The lowest BCUT2D eigenvalue weighted by atomic mass is 10.1. The number of rotatable bonds is 7. The van der Waals surface area contributed by atoms with Crippen molar-refractivity contribution in [3.63, 3.8) is 0 Å². The van der Waals surface area contributed by atoms with Crippen LogP contribution in [0, 0.1) is 0 Å². The van der Waals surface area contributed by atoms with Crippen LogP contribution in [0.3, 0.4) is 0 Å². The summed E-state index contributed by atoms with van der Waals surface area (Å²) in [6, 6.07) is 25.3. The number of ether oxygens (including phenoxy) is 1. The summed E-state index contributed by atoms with van der Waals surface area (Å²) in [5.74, 6) is 1.15. The molecular formula is C26H24N4O3S. The van der Waals surface area contributed by atoms with E-state index in [0.717, 1.165) is 33.8 Å². The Hall–Kier alpha value is -3.91. The minimum absolute atomic E-state index is 0.416. The Morgan fingerprint density at radius 1 is 1.00 bits per heavy atom. The maximum absolute atomic E-state index is 12.1. The van der Waals surface area contributed by atoms with E-state index >= 15 is 0 Å². The molecule has 0 amide bonds. The minimum Gasteiger partial charge on any atom is -0.488 e. The smallest absolute Gasteiger partial charge is 0.232 e. The molecule has 172 valence electrons. The van der Waals surface area contributed by atoms with Gasteiger partial charge in [0.1, 0.15) is 12.4 Å². The van der Waals surface area contributed by atoms with Crippen molar-refractivity contribution >= 4 is 27.3 Å². The molecule has 34 heavy (non-hydrogen) atoms. The van der Waals surface area contributed by atoms with E-state index in [1.165, 1.54) is 10.6 Å². The highest BCUT2D eigenvalue weighted by Crippen LogP contribution is 2.34. The Kier molecular flexibility index (Phi) is 5.90. The van der Waals surface area contributed by atoms with Gasteiger partial charge < -0.3 is 10.1 Å². The summed E-state index contributed by atoms with van der Waals surface area (Å²) in [5.41, 5.74) is 5.10. The van der Waals surface area contributed by atoms with Crippen LogP contribution < -0.4 is 14.4 Å². The maximum atomic E-state index is 12.1. The molecule has 0 bridgehead atoms. The molecule has 4 aromatic rings.